The third-order valence-corrected chi connectivity index (χ3v) is 4.04. The number of carbonyl (C=O) groups is 1. The van der Waals surface area contributed by atoms with Gasteiger partial charge < -0.3 is 21.1 Å². The smallest absolute Gasteiger partial charge is 0.340 e. The Morgan fingerprint density at radius 1 is 1.04 bits per heavy atom. The van der Waals surface area contributed by atoms with Gasteiger partial charge in [0.05, 0.1) is 17.9 Å². The van der Waals surface area contributed by atoms with E-state index in [4.69, 9.17) is 10.5 Å². The predicted molar refractivity (Wildman–Crippen MR) is 111 cm³/mol. The van der Waals surface area contributed by atoms with Crippen LogP contribution >= 0.6 is 0 Å². The summed E-state index contributed by atoms with van der Waals surface area (Å²) in [6.07, 6.45) is 1.41. The molecule has 0 aliphatic rings. The lowest BCUT2D eigenvalue weighted by molar-refractivity contribution is 0.0527. The van der Waals surface area contributed by atoms with Crippen LogP contribution in [-0.4, -0.2) is 22.5 Å². The van der Waals surface area contributed by atoms with Crippen molar-refractivity contribution >= 4 is 34.7 Å². The molecule has 4 N–H and O–H groups in total. The number of esters is 1. The van der Waals surface area contributed by atoms with E-state index in [9.17, 15) is 4.79 Å². The van der Waals surface area contributed by atoms with Crippen LogP contribution in [0.15, 0.2) is 48.8 Å². The van der Waals surface area contributed by atoms with E-state index in [1.54, 1.807) is 25.1 Å². The number of benzene rings is 2. The van der Waals surface area contributed by atoms with Crippen LogP contribution in [0.5, 0.6) is 0 Å². The number of nitrogen functional groups attached to an aromatic ring is 1. The summed E-state index contributed by atoms with van der Waals surface area (Å²) in [4.78, 5) is 20.6. The summed E-state index contributed by atoms with van der Waals surface area (Å²) in [5.41, 5.74) is 10.8. The zero-order valence-corrected chi connectivity index (χ0v) is 16.1. The lowest BCUT2D eigenvalue weighted by Crippen LogP contribution is -2.10. The number of nitrogens with two attached hydrogens (primary N) is 1. The van der Waals surface area contributed by atoms with Gasteiger partial charge in [0.2, 0.25) is 0 Å². The van der Waals surface area contributed by atoms with Crippen LogP contribution in [-0.2, 0) is 4.74 Å². The highest BCUT2D eigenvalue weighted by molar-refractivity contribution is 5.97. The van der Waals surface area contributed by atoms with E-state index in [1.165, 1.54) is 6.33 Å². The van der Waals surface area contributed by atoms with E-state index in [0.717, 1.165) is 16.8 Å². The molecular weight excluding hydrogens is 354 g/mol. The van der Waals surface area contributed by atoms with E-state index in [2.05, 4.69) is 26.7 Å². The van der Waals surface area contributed by atoms with Crippen molar-refractivity contribution in [3.05, 3.63) is 65.5 Å². The number of anilines is 5. The molecule has 0 atom stereocenters. The number of para-hydroxylation sites is 1. The van der Waals surface area contributed by atoms with Crippen molar-refractivity contribution in [1.82, 2.24) is 9.97 Å². The minimum Gasteiger partial charge on any atom is -0.462 e. The second-order valence-corrected chi connectivity index (χ2v) is 6.38. The fraction of sp³-hybridized carbons (Fsp3) is 0.190. The molecule has 0 saturated carbocycles. The van der Waals surface area contributed by atoms with Gasteiger partial charge in [0.25, 0.3) is 0 Å². The Balaban J connectivity index is 1.89. The molecule has 0 unspecified atom stereocenters. The van der Waals surface area contributed by atoms with Gasteiger partial charge in [-0.05, 0) is 56.2 Å². The number of nitrogens with zero attached hydrogens (tertiary/aromatic N) is 2. The van der Waals surface area contributed by atoms with Gasteiger partial charge in [-0.25, -0.2) is 14.8 Å². The fourth-order valence-corrected chi connectivity index (χ4v) is 2.88. The minimum absolute atomic E-state index is 0.298. The molecule has 1 heterocycles. The van der Waals surface area contributed by atoms with Crippen LogP contribution in [0.25, 0.3) is 0 Å². The highest BCUT2D eigenvalue weighted by Crippen LogP contribution is 2.30. The zero-order chi connectivity index (χ0) is 20.1. The molecule has 7 heteroatoms. The van der Waals surface area contributed by atoms with Crippen molar-refractivity contribution in [2.75, 3.05) is 23.0 Å². The van der Waals surface area contributed by atoms with Gasteiger partial charge in [-0.2, -0.15) is 0 Å². The molecule has 0 amide bonds. The Bertz CT molecular complexity index is 984. The van der Waals surface area contributed by atoms with Gasteiger partial charge in [-0.1, -0.05) is 18.2 Å². The lowest BCUT2D eigenvalue weighted by atomic mass is 10.1. The van der Waals surface area contributed by atoms with Crippen LogP contribution in [0.4, 0.5) is 28.7 Å². The second kappa shape index (κ2) is 8.39. The Morgan fingerprint density at radius 2 is 1.68 bits per heavy atom. The molecule has 0 fully saturated rings. The normalized spacial score (nSPS) is 10.4. The first kappa shape index (κ1) is 19.2. The average Bonchev–Trinajstić information content (AvgIpc) is 2.65. The van der Waals surface area contributed by atoms with E-state index in [-0.39, 0.29) is 0 Å². The number of ether oxygens (including phenoxy) is 1. The van der Waals surface area contributed by atoms with E-state index < -0.39 is 5.97 Å². The standard InChI is InChI=1S/C21H23N5O2/c1-4-28-21(27)16-7-5-6-8-17(16)26-20-18(22)19(23-12-24-20)25-15-10-13(2)9-14(3)11-15/h5-12H,4,22H2,1-3H3,(H2,23,24,25,26). The SMILES string of the molecule is CCOC(=O)c1ccccc1Nc1ncnc(Nc2cc(C)cc(C)c2)c1N. The molecular formula is C21H23N5O2. The highest BCUT2D eigenvalue weighted by atomic mass is 16.5. The Hall–Kier alpha value is -3.61. The number of aromatic nitrogens is 2. The van der Waals surface area contributed by atoms with Crippen LogP contribution < -0.4 is 16.4 Å². The number of nitrogens with one attached hydrogen (secondary N) is 2. The number of hydrogen-bond donors (Lipinski definition) is 3. The number of carbonyl (C=O) groups excluding carboxylic acids is 1. The van der Waals surface area contributed by atoms with Gasteiger partial charge in [0.15, 0.2) is 11.6 Å². The Kier molecular flexibility index (Phi) is 5.74. The zero-order valence-electron chi connectivity index (χ0n) is 16.1. The van der Waals surface area contributed by atoms with Crippen LogP contribution in [0.2, 0.25) is 0 Å². The van der Waals surface area contributed by atoms with Crippen molar-refractivity contribution in [2.24, 2.45) is 0 Å². The molecule has 0 aliphatic heterocycles. The minimum atomic E-state index is -0.410. The van der Waals surface area contributed by atoms with E-state index in [1.807, 2.05) is 32.0 Å². The van der Waals surface area contributed by atoms with Gasteiger partial charge in [0.1, 0.15) is 12.0 Å². The molecule has 144 valence electrons. The summed E-state index contributed by atoms with van der Waals surface area (Å²) in [5.74, 6) is 0.474. The summed E-state index contributed by atoms with van der Waals surface area (Å²) in [6, 6.07) is 13.2. The molecule has 28 heavy (non-hydrogen) atoms. The predicted octanol–water partition coefficient (Wildman–Crippen LogP) is 4.34. The monoisotopic (exact) mass is 377 g/mol. The molecule has 0 bridgehead atoms. The van der Waals surface area contributed by atoms with Crippen molar-refractivity contribution in [2.45, 2.75) is 20.8 Å². The third-order valence-electron chi connectivity index (χ3n) is 4.04. The maximum Gasteiger partial charge on any atom is 0.340 e. The molecule has 0 spiro atoms. The summed E-state index contributed by atoms with van der Waals surface area (Å²) in [5, 5.41) is 6.34. The van der Waals surface area contributed by atoms with Crippen LogP contribution in [0, 0.1) is 13.8 Å². The quantitative estimate of drug-likeness (QED) is 0.549. The third kappa shape index (κ3) is 4.37. The number of rotatable bonds is 6. The Labute approximate surface area is 164 Å². The maximum absolute atomic E-state index is 12.2. The van der Waals surface area contributed by atoms with Crippen LogP contribution in [0.3, 0.4) is 0 Å². The van der Waals surface area contributed by atoms with E-state index in [0.29, 0.717) is 35.2 Å². The second-order valence-electron chi connectivity index (χ2n) is 6.38. The molecule has 0 radical (unpaired) electrons. The first-order valence-corrected chi connectivity index (χ1v) is 8.97. The number of aryl methyl sites for hydroxylation is 2. The molecule has 0 aliphatic carbocycles. The molecule has 0 saturated heterocycles. The Morgan fingerprint density at radius 3 is 2.36 bits per heavy atom. The van der Waals surface area contributed by atoms with Gasteiger partial charge in [-0.3, -0.25) is 0 Å². The van der Waals surface area contributed by atoms with Gasteiger partial charge in [0, 0.05) is 5.69 Å². The highest BCUT2D eigenvalue weighted by Gasteiger charge is 2.15. The molecule has 1 aromatic heterocycles. The first-order chi connectivity index (χ1) is 13.5. The summed E-state index contributed by atoms with van der Waals surface area (Å²) in [7, 11) is 0. The van der Waals surface area contributed by atoms with Crippen molar-refractivity contribution in [3.8, 4) is 0 Å². The molecule has 7 nitrogen and oxygen atoms in total. The molecule has 3 aromatic rings. The van der Waals surface area contributed by atoms with Gasteiger partial charge >= 0.3 is 5.97 Å². The lowest BCUT2D eigenvalue weighted by Gasteiger charge is -2.15. The van der Waals surface area contributed by atoms with Crippen molar-refractivity contribution < 1.29 is 9.53 Å². The summed E-state index contributed by atoms with van der Waals surface area (Å²) >= 11 is 0. The molecule has 3 rings (SSSR count). The first-order valence-electron chi connectivity index (χ1n) is 8.97. The summed E-state index contributed by atoms with van der Waals surface area (Å²) in [6.45, 7) is 6.12. The van der Waals surface area contributed by atoms with Gasteiger partial charge in [-0.15, -0.1) is 0 Å². The fourth-order valence-electron chi connectivity index (χ4n) is 2.88. The van der Waals surface area contributed by atoms with Crippen molar-refractivity contribution in [1.29, 1.82) is 0 Å². The largest absolute Gasteiger partial charge is 0.462 e. The van der Waals surface area contributed by atoms with Crippen LogP contribution in [0.1, 0.15) is 28.4 Å². The molecule has 2 aromatic carbocycles. The van der Waals surface area contributed by atoms with E-state index >= 15 is 0 Å². The average molecular weight is 377 g/mol. The topological polar surface area (TPSA) is 102 Å². The number of hydrogen-bond acceptors (Lipinski definition) is 7. The summed E-state index contributed by atoms with van der Waals surface area (Å²) < 4.78 is 5.11. The maximum atomic E-state index is 12.2. The van der Waals surface area contributed by atoms with Crippen molar-refractivity contribution in [3.63, 3.8) is 0 Å².